The SMILES string of the molecule is Cc1c2c(nc3ccccc13)N(c1ccccc1)C(=O)C2C. The van der Waals surface area contributed by atoms with E-state index in [1.54, 1.807) is 4.90 Å². The molecular weight excluding hydrogens is 272 g/mol. The predicted molar refractivity (Wildman–Crippen MR) is 88.5 cm³/mol. The van der Waals surface area contributed by atoms with Crippen LogP contribution < -0.4 is 4.90 Å². The Bertz CT molecular complexity index is 887. The normalized spacial score (nSPS) is 17.1. The van der Waals surface area contributed by atoms with Crippen LogP contribution in [0.15, 0.2) is 54.6 Å². The van der Waals surface area contributed by atoms with Crippen LogP contribution in [0.1, 0.15) is 24.0 Å². The van der Waals surface area contributed by atoms with E-state index in [2.05, 4.69) is 13.0 Å². The van der Waals surface area contributed by atoms with Gasteiger partial charge >= 0.3 is 0 Å². The minimum atomic E-state index is -0.160. The van der Waals surface area contributed by atoms with Gasteiger partial charge in [0, 0.05) is 10.9 Å². The topological polar surface area (TPSA) is 33.2 Å². The van der Waals surface area contributed by atoms with Gasteiger partial charge in [-0.15, -0.1) is 0 Å². The summed E-state index contributed by atoms with van der Waals surface area (Å²) in [7, 11) is 0. The highest BCUT2D eigenvalue weighted by atomic mass is 16.2. The average Bonchev–Trinajstić information content (AvgIpc) is 2.80. The van der Waals surface area contributed by atoms with Crippen molar-refractivity contribution in [2.45, 2.75) is 19.8 Å². The van der Waals surface area contributed by atoms with Crippen LogP contribution in [0, 0.1) is 6.92 Å². The average molecular weight is 288 g/mol. The van der Waals surface area contributed by atoms with Gasteiger partial charge < -0.3 is 0 Å². The highest BCUT2D eigenvalue weighted by molar-refractivity contribution is 6.11. The van der Waals surface area contributed by atoms with Gasteiger partial charge in [-0.25, -0.2) is 4.98 Å². The first-order chi connectivity index (χ1) is 10.7. The van der Waals surface area contributed by atoms with E-state index in [0.717, 1.165) is 33.5 Å². The van der Waals surface area contributed by atoms with Crippen molar-refractivity contribution in [2.24, 2.45) is 0 Å². The molecule has 1 aliphatic heterocycles. The van der Waals surface area contributed by atoms with E-state index in [4.69, 9.17) is 4.98 Å². The number of amides is 1. The van der Waals surface area contributed by atoms with Gasteiger partial charge in [-0.1, -0.05) is 36.4 Å². The molecule has 3 nitrogen and oxygen atoms in total. The van der Waals surface area contributed by atoms with Gasteiger partial charge in [0.1, 0.15) is 5.82 Å². The fraction of sp³-hybridized carbons (Fsp3) is 0.158. The molecule has 4 rings (SSSR count). The van der Waals surface area contributed by atoms with Gasteiger partial charge in [0.2, 0.25) is 5.91 Å². The van der Waals surface area contributed by atoms with E-state index >= 15 is 0 Å². The summed E-state index contributed by atoms with van der Waals surface area (Å²) in [5.41, 5.74) is 4.01. The molecule has 1 amide bonds. The number of nitrogens with zero attached hydrogens (tertiary/aromatic N) is 2. The summed E-state index contributed by atoms with van der Waals surface area (Å²) >= 11 is 0. The number of aryl methyl sites for hydroxylation is 1. The third-order valence-electron chi connectivity index (χ3n) is 4.43. The minimum Gasteiger partial charge on any atom is -0.273 e. The van der Waals surface area contributed by atoms with E-state index in [0.29, 0.717) is 0 Å². The van der Waals surface area contributed by atoms with E-state index in [9.17, 15) is 4.79 Å². The molecule has 0 saturated carbocycles. The fourth-order valence-electron chi connectivity index (χ4n) is 3.31. The maximum atomic E-state index is 12.8. The maximum absolute atomic E-state index is 12.8. The number of hydrogen-bond acceptors (Lipinski definition) is 2. The summed E-state index contributed by atoms with van der Waals surface area (Å²) in [4.78, 5) is 19.3. The second kappa shape index (κ2) is 4.67. The zero-order valence-electron chi connectivity index (χ0n) is 12.6. The molecule has 0 saturated heterocycles. The van der Waals surface area contributed by atoms with Gasteiger partial charge in [0.25, 0.3) is 0 Å². The molecule has 3 aromatic rings. The summed E-state index contributed by atoms with van der Waals surface area (Å²) in [5, 5.41) is 1.12. The number of fused-ring (bicyclic) bond motifs is 2. The first kappa shape index (κ1) is 13.0. The Morgan fingerprint density at radius 1 is 1.00 bits per heavy atom. The van der Waals surface area contributed by atoms with Gasteiger partial charge in [-0.2, -0.15) is 0 Å². The van der Waals surface area contributed by atoms with Gasteiger partial charge in [0.15, 0.2) is 0 Å². The van der Waals surface area contributed by atoms with Crippen LogP contribution in [0.4, 0.5) is 11.5 Å². The van der Waals surface area contributed by atoms with E-state index in [1.165, 1.54) is 0 Å². The lowest BCUT2D eigenvalue weighted by molar-refractivity contribution is -0.118. The lowest BCUT2D eigenvalue weighted by Gasteiger charge is -2.17. The quantitative estimate of drug-likeness (QED) is 0.668. The summed E-state index contributed by atoms with van der Waals surface area (Å²) < 4.78 is 0. The number of carbonyl (C=O) groups excluding carboxylic acids is 1. The molecule has 108 valence electrons. The number of anilines is 2. The van der Waals surface area contributed by atoms with E-state index in [-0.39, 0.29) is 11.8 Å². The van der Waals surface area contributed by atoms with Crippen LogP contribution in [0.5, 0.6) is 0 Å². The number of aromatic nitrogens is 1. The number of pyridine rings is 1. The monoisotopic (exact) mass is 288 g/mol. The molecule has 1 aromatic heterocycles. The van der Waals surface area contributed by atoms with Crippen LogP contribution in [-0.4, -0.2) is 10.9 Å². The molecule has 0 fully saturated rings. The summed E-state index contributed by atoms with van der Waals surface area (Å²) in [6.07, 6.45) is 0. The van der Waals surface area contributed by atoms with Crippen LogP contribution in [0.2, 0.25) is 0 Å². The summed E-state index contributed by atoms with van der Waals surface area (Å²) in [6, 6.07) is 17.8. The van der Waals surface area contributed by atoms with Crippen molar-refractivity contribution >= 4 is 28.3 Å². The van der Waals surface area contributed by atoms with Crippen molar-refractivity contribution in [2.75, 3.05) is 4.90 Å². The van der Waals surface area contributed by atoms with Gasteiger partial charge in [-0.3, -0.25) is 9.69 Å². The van der Waals surface area contributed by atoms with Crippen LogP contribution >= 0.6 is 0 Å². The Kier molecular flexibility index (Phi) is 2.76. The third kappa shape index (κ3) is 1.69. The molecule has 1 atom stereocenters. The second-order valence-corrected chi connectivity index (χ2v) is 5.72. The highest BCUT2D eigenvalue weighted by Gasteiger charge is 2.38. The third-order valence-corrected chi connectivity index (χ3v) is 4.43. The number of para-hydroxylation sites is 2. The smallest absolute Gasteiger partial charge is 0.240 e. The molecule has 1 unspecified atom stereocenters. The summed E-state index contributed by atoms with van der Waals surface area (Å²) in [5.74, 6) is 0.708. The van der Waals surface area contributed by atoms with Crippen LogP contribution in [0.3, 0.4) is 0 Å². The standard InChI is InChI=1S/C19H16N2O/c1-12-15-10-6-7-11-16(15)20-18-17(12)13(2)19(22)21(18)14-8-4-3-5-9-14/h3-11,13H,1-2H3. The molecule has 0 aliphatic carbocycles. The molecule has 2 aromatic carbocycles. The van der Waals surface area contributed by atoms with E-state index < -0.39 is 0 Å². The Balaban J connectivity index is 2.03. The summed E-state index contributed by atoms with van der Waals surface area (Å²) in [6.45, 7) is 4.05. The maximum Gasteiger partial charge on any atom is 0.240 e. The molecule has 22 heavy (non-hydrogen) atoms. The molecular formula is C19H16N2O. The second-order valence-electron chi connectivity index (χ2n) is 5.72. The van der Waals surface area contributed by atoms with Crippen LogP contribution in [-0.2, 0) is 4.79 Å². The molecule has 0 radical (unpaired) electrons. The number of benzene rings is 2. The Hall–Kier alpha value is -2.68. The van der Waals surface area contributed by atoms with Crippen molar-refractivity contribution in [3.63, 3.8) is 0 Å². The molecule has 0 bridgehead atoms. The molecule has 1 aliphatic rings. The van der Waals surface area contributed by atoms with Gasteiger partial charge in [0.05, 0.1) is 17.1 Å². The Morgan fingerprint density at radius 2 is 1.68 bits per heavy atom. The zero-order valence-corrected chi connectivity index (χ0v) is 12.6. The van der Waals surface area contributed by atoms with Crippen LogP contribution in [0.25, 0.3) is 10.9 Å². The number of hydrogen-bond donors (Lipinski definition) is 0. The zero-order chi connectivity index (χ0) is 15.3. The van der Waals surface area contributed by atoms with Crippen molar-refractivity contribution in [1.29, 1.82) is 0 Å². The molecule has 0 spiro atoms. The van der Waals surface area contributed by atoms with Crippen molar-refractivity contribution in [3.05, 3.63) is 65.7 Å². The van der Waals surface area contributed by atoms with Crippen molar-refractivity contribution in [1.82, 2.24) is 4.98 Å². The molecule has 2 heterocycles. The number of rotatable bonds is 1. The first-order valence-corrected chi connectivity index (χ1v) is 7.46. The largest absolute Gasteiger partial charge is 0.273 e. The fourth-order valence-corrected chi connectivity index (χ4v) is 3.31. The first-order valence-electron chi connectivity index (χ1n) is 7.46. The lowest BCUT2D eigenvalue weighted by atomic mass is 9.97. The number of carbonyl (C=O) groups is 1. The molecule has 3 heteroatoms. The predicted octanol–water partition coefficient (Wildman–Crippen LogP) is 4.33. The van der Waals surface area contributed by atoms with E-state index in [1.807, 2.05) is 55.5 Å². The Morgan fingerprint density at radius 3 is 2.45 bits per heavy atom. The van der Waals surface area contributed by atoms with Gasteiger partial charge in [-0.05, 0) is 37.6 Å². The Labute approximate surface area is 129 Å². The highest BCUT2D eigenvalue weighted by Crippen LogP contribution is 2.43. The van der Waals surface area contributed by atoms with Crippen molar-refractivity contribution in [3.8, 4) is 0 Å². The minimum absolute atomic E-state index is 0.0899. The molecule has 0 N–H and O–H groups in total. The van der Waals surface area contributed by atoms with Crippen molar-refractivity contribution < 1.29 is 4.79 Å². The lowest BCUT2D eigenvalue weighted by Crippen LogP contribution is -2.23.